The first kappa shape index (κ1) is 16.4. The van der Waals surface area contributed by atoms with Crippen LogP contribution in [0, 0.1) is 11.8 Å². The van der Waals surface area contributed by atoms with Crippen LogP contribution in [0.2, 0.25) is 0 Å². The molecule has 1 nitrogen and oxygen atoms in total. The molecule has 1 fully saturated rings. The van der Waals surface area contributed by atoms with E-state index in [4.69, 9.17) is 4.74 Å². The molecule has 1 heteroatoms. The van der Waals surface area contributed by atoms with Gasteiger partial charge in [0, 0.05) is 0 Å². The van der Waals surface area contributed by atoms with E-state index in [9.17, 15) is 0 Å². The fourth-order valence-corrected chi connectivity index (χ4v) is 3.93. The Labute approximate surface area is 131 Å². The van der Waals surface area contributed by atoms with Crippen molar-refractivity contribution >= 4 is 0 Å². The van der Waals surface area contributed by atoms with E-state index in [0.29, 0.717) is 0 Å². The van der Waals surface area contributed by atoms with Crippen LogP contribution in [0.5, 0.6) is 5.75 Å². The van der Waals surface area contributed by atoms with Gasteiger partial charge in [-0.2, -0.15) is 0 Å². The zero-order valence-electron chi connectivity index (χ0n) is 14.1. The van der Waals surface area contributed by atoms with Gasteiger partial charge in [-0.3, -0.25) is 0 Å². The van der Waals surface area contributed by atoms with Crippen LogP contribution in [0.25, 0.3) is 0 Å². The average molecular weight is 288 g/mol. The van der Waals surface area contributed by atoms with Crippen LogP contribution in [0.3, 0.4) is 0 Å². The lowest BCUT2D eigenvalue weighted by Crippen LogP contribution is -2.21. The first-order valence-corrected chi connectivity index (χ1v) is 8.97. The maximum atomic E-state index is 5.55. The van der Waals surface area contributed by atoms with Gasteiger partial charge in [0.2, 0.25) is 0 Å². The third kappa shape index (κ3) is 4.76. The predicted molar refractivity (Wildman–Crippen MR) is 91.0 cm³/mol. The van der Waals surface area contributed by atoms with Gasteiger partial charge in [-0.15, -0.1) is 0 Å². The second kappa shape index (κ2) is 8.46. The fraction of sp³-hybridized carbons (Fsp3) is 0.700. The highest BCUT2D eigenvalue weighted by Gasteiger charge is 2.28. The molecule has 1 aliphatic rings. The van der Waals surface area contributed by atoms with E-state index < -0.39 is 0 Å². The molecule has 21 heavy (non-hydrogen) atoms. The van der Waals surface area contributed by atoms with Gasteiger partial charge >= 0.3 is 0 Å². The van der Waals surface area contributed by atoms with Gasteiger partial charge in [-0.25, -0.2) is 0 Å². The molecule has 0 saturated heterocycles. The molecular formula is C20H32O. The summed E-state index contributed by atoms with van der Waals surface area (Å²) in [5, 5.41) is 0. The highest BCUT2D eigenvalue weighted by atomic mass is 16.5. The Bertz CT molecular complexity index is 395. The lowest BCUT2D eigenvalue weighted by Gasteiger charge is -2.34. The van der Waals surface area contributed by atoms with Crippen LogP contribution in [0.1, 0.15) is 77.2 Å². The molecule has 0 aromatic heterocycles. The van der Waals surface area contributed by atoms with E-state index in [1.165, 1.54) is 50.5 Å². The monoisotopic (exact) mass is 288 g/mol. The molecule has 0 radical (unpaired) electrons. The van der Waals surface area contributed by atoms with Crippen molar-refractivity contribution in [2.45, 2.75) is 71.6 Å². The van der Waals surface area contributed by atoms with Crippen molar-refractivity contribution in [2.75, 3.05) is 6.61 Å². The zero-order valence-corrected chi connectivity index (χ0v) is 14.1. The summed E-state index contributed by atoms with van der Waals surface area (Å²) < 4.78 is 5.55. The molecule has 1 aliphatic carbocycles. The van der Waals surface area contributed by atoms with Gasteiger partial charge in [0.1, 0.15) is 5.75 Å². The minimum atomic E-state index is 0.749. The summed E-state index contributed by atoms with van der Waals surface area (Å²) >= 11 is 0. The van der Waals surface area contributed by atoms with Crippen molar-refractivity contribution in [3.8, 4) is 5.75 Å². The number of benzene rings is 1. The summed E-state index contributed by atoms with van der Waals surface area (Å²) in [5.74, 6) is 3.55. The summed E-state index contributed by atoms with van der Waals surface area (Å²) in [7, 11) is 0. The van der Waals surface area contributed by atoms with E-state index in [1.54, 1.807) is 0 Å². The van der Waals surface area contributed by atoms with Crippen molar-refractivity contribution in [1.82, 2.24) is 0 Å². The number of hydrogen-bond acceptors (Lipinski definition) is 1. The molecule has 1 aromatic carbocycles. The predicted octanol–water partition coefficient (Wildman–Crippen LogP) is 6.19. The normalized spacial score (nSPS) is 25.8. The summed E-state index contributed by atoms with van der Waals surface area (Å²) in [6.45, 7) is 7.53. The Morgan fingerprint density at radius 1 is 1.05 bits per heavy atom. The van der Waals surface area contributed by atoms with Crippen molar-refractivity contribution in [3.63, 3.8) is 0 Å². The van der Waals surface area contributed by atoms with Crippen LogP contribution < -0.4 is 4.74 Å². The van der Waals surface area contributed by atoms with Crippen molar-refractivity contribution in [3.05, 3.63) is 29.8 Å². The Morgan fingerprint density at radius 2 is 1.81 bits per heavy atom. The summed E-state index contributed by atoms with van der Waals surface area (Å²) in [5.41, 5.74) is 1.51. The van der Waals surface area contributed by atoms with E-state index >= 15 is 0 Å². The van der Waals surface area contributed by atoms with E-state index in [1.807, 2.05) is 6.92 Å². The second-order valence-corrected chi connectivity index (χ2v) is 6.76. The van der Waals surface area contributed by atoms with Gasteiger partial charge < -0.3 is 4.74 Å². The highest BCUT2D eigenvalue weighted by molar-refractivity contribution is 5.30. The molecule has 0 spiro atoms. The van der Waals surface area contributed by atoms with Crippen LogP contribution >= 0.6 is 0 Å². The molecule has 1 aromatic rings. The molecular weight excluding hydrogens is 256 g/mol. The number of unbranched alkanes of at least 4 members (excludes halogenated alkanes) is 2. The Hall–Kier alpha value is -0.980. The topological polar surface area (TPSA) is 9.23 Å². The third-order valence-electron chi connectivity index (χ3n) is 5.11. The Kier molecular flexibility index (Phi) is 6.60. The molecule has 3 unspecified atom stereocenters. The molecule has 0 amide bonds. The third-order valence-corrected chi connectivity index (χ3v) is 5.11. The smallest absolute Gasteiger partial charge is 0.119 e. The highest BCUT2D eigenvalue weighted by Crippen LogP contribution is 2.42. The Morgan fingerprint density at radius 3 is 2.43 bits per heavy atom. The van der Waals surface area contributed by atoms with E-state index in [2.05, 4.69) is 38.1 Å². The fourth-order valence-electron chi connectivity index (χ4n) is 3.93. The largest absolute Gasteiger partial charge is 0.494 e. The van der Waals surface area contributed by atoms with Gasteiger partial charge in [-0.1, -0.05) is 51.7 Å². The van der Waals surface area contributed by atoms with Crippen molar-refractivity contribution in [1.29, 1.82) is 0 Å². The van der Waals surface area contributed by atoms with Crippen LogP contribution in [0.4, 0.5) is 0 Å². The Balaban J connectivity index is 1.87. The van der Waals surface area contributed by atoms with Gasteiger partial charge in [-0.05, 0) is 61.6 Å². The standard InChI is InChI=1S/C20H32O/c1-4-6-7-8-17-9-14-20(16(3)15-17)18-10-12-19(13-11-18)21-5-2/h10-13,16-17,20H,4-9,14-15H2,1-3H3. The SMILES string of the molecule is CCCCCC1CCC(c2ccc(OCC)cc2)C(C)C1. The van der Waals surface area contributed by atoms with Crippen molar-refractivity contribution in [2.24, 2.45) is 11.8 Å². The molecule has 0 aliphatic heterocycles. The lowest BCUT2D eigenvalue weighted by molar-refractivity contribution is 0.232. The van der Waals surface area contributed by atoms with Gasteiger partial charge in [0.25, 0.3) is 0 Å². The summed E-state index contributed by atoms with van der Waals surface area (Å²) in [6, 6.07) is 8.84. The molecule has 1 saturated carbocycles. The molecule has 118 valence electrons. The minimum Gasteiger partial charge on any atom is -0.494 e. The summed E-state index contributed by atoms with van der Waals surface area (Å²) in [4.78, 5) is 0. The van der Waals surface area contributed by atoms with Crippen LogP contribution in [-0.2, 0) is 0 Å². The maximum Gasteiger partial charge on any atom is 0.119 e. The first-order valence-electron chi connectivity index (χ1n) is 8.97. The molecule has 0 bridgehead atoms. The van der Waals surface area contributed by atoms with Crippen LogP contribution in [0.15, 0.2) is 24.3 Å². The minimum absolute atomic E-state index is 0.749. The first-order chi connectivity index (χ1) is 10.2. The number of hydrogen-bond donors (Lipinski definition) is 0. The number of ether oxygens (including phenoxy) is 1. The van der Waals surface area contributed by atoms with Crippen molar-refractivity contribution < 1.29 is 4.74 Å². The molecule has 0 N–H and O–H groups in total. The van der Waals surface area contributed by atoms with Gasteiger partial charge in [0.15, 0.2) is 0 Å². The van der Waals surface area contributed by atoms with Crippen LogP contribution in [-0.4, -0.2) is 6.61 Å². The zero-order chi connectivity index (χ0) is 15.1. The average Bonchev–Trinajstić information content (AvgIpc) is 2.49. The molecule has 0 heterocycles. The number of rotatable bonds is 7. The van der Waals surface area contributed by atoms with Gasteiger partial charge in [0.05, 0.1) is 6.61 Å². The molecule has 3 atom stereocenters. The summed E-state index contributed by atoms with van der Waals surface area (Å²) in [6.07, 6.45) is 9.85. The molecule has 2 rings (SSSR count). The quantitative estimate of drug-likeness (QED) is 0.544. The second-order valence-electron chi connectivity index (χ2n) is 6.76. The van der Waals surface area contributed by atoms with E-state index in [0.717, 1.165) is 30.1 Å². The van der Waals surface area contributed by atoms with E-state index in [-0.39, 0.29) is 0 Å². The lowest BCUT2D eigenvalue weighted by atomic mass is 9.71. The maximum absolute atomic E-state index is 5.55.